The van der Waals surface area contributed by atoms with Gasteiger partial charge in [0, 0.05) is 23.0 Å². The molecule has 0 bridgehead atoms. The van der Waals surface area contributed by atoms with E-state index < -0.39 is 16.3 Å². The largest absolute Gasteiger partial charge is 0.490 e. The first-order valence-electron chi connectivity index (χ1n) is 7.56. The summed E-state index contributed by atoms with van der Waals surface area (Å²) < 4.78 is 4.94. The summed E-state index contributed by atoms with van der Waals surface area (Å²) in [7, 11) is 1.33. The third-order valence-electron chi connectivity index (χ3n) is 3.91. The van der Waals surface area contributed by atoms with Crippen LogP contribution in [0.2, 0.25) is 5.02 Å². The van der Waals surface area contributed by atoms with Crippen LogP contribution >= 0.6 is 11.6 Å². The van der Waals surface area contributed by atoms with Gasteiger partial charge >= 0.3 is 5.69 Å². The molecule has 8 heteroatoms. The lowest BCUT2D eigenvalue weighted by molar-refractivity contribution is -0.385. The van der Waals surface area contributed by atoms with E-state index in [1.54, 1.807) is 24.3 Å². The molecular weight excluding hydrogens is 360 g/mol. The summed E-state index contributed by atoms with van der Waals surface area (Å²) >= 11 is 5.89. The Kier molecular flexibility index (Phi) is 4.73. The lowest BCUT2D eigenvalue weighted by atomic mass is 10.0. The van der Waals surface area contributed by atoms with Gasteiger partial charge in [-0.2, -0.15) is 0 Å². The molecule has 7 nitrogen and oxygen atoms in total. The second-order valence-electron chi connectivity index (χ2n) is 5.61. The number of fused-ring (bicyclic) bond motifs is 1. The number of carbonyl (C=O) groups is 1. The van der Waals surface area contributed by atoms with Crippen LogP contribution in [0.1, 0.15) is 15.9 Å². The third-order valence-corrected chi connectivity index (χ3v) is 4.15. The van der Waals surface area contributed by atoms with E-state index in [-0.39, 0.29) is 23.4 Å². The summed E-state index contributed by atoms with van der Waals surface area (Å²) in [5, 5.41) is 12.2. The summed E-state index contributed by atoms with van der Waals surface area (Å²) in [4.78, 5) is 37.9. The molecule has 3 aromatic rings. The molecule has 0 amide bonds. The molecule has 0 aliphatic carbocycles. The maximum absolute atomic E-state index is 12.5. The molecule has 1 heterocycles. The number of ketones is 1. The predicted octanol–water partition coefficient (Wildman–Crippen LogP) is 3.52. The minimum absolute atomic E-state index is 0.0155. The molecule has 0 saturated heterocycles. The molecule has 3 rings (SSSR count). The number of benzene rings is 2. The summed E-state index contributed by atoms with van der Waals surface area (Å²) in [6, 6.07) is 10.7. The summed E-state index contributed by atoms with van der Waals surface area (Å²) in [5.74, 6) is -0.339. The molecule has 0 aliphatic heterocycles. The molecule has 1 N–H and O–H groups in total. The average molecular weight is 373 g/mol. The van der Waals surface area contributed by atoms with Crippen molar-refractivity contribution in [3.8, 4) is 5.75 Å². The minimum Gasteiger partial charge on any atom is -0.490 e. The van der Waals surface area contributed by atoms with Crippen molar-refractivity contribution in [2.45, 2.75) is 6.42 Å². The number of ether oxygens (including phenoxy) is 1. The lowest BCUT2D eigenvalue weighted by Crippen LogP contribution is -2.19. The summed E-state index contributed by atoms with van der Waals surface area (Å²) in [5.41, 5.74) is 0.156. The van der Waals surface area contributed by atoms with E-state index in [0.29, 0.717) is 21.5 Å². The number of methoxy groups -OCH3 is 1. The van der Waals surface area contributed by atoms with Crippen molar-refractivity contribution in [3.05, 3.63) is 79.1 Å². The van der Waals surface area contributed by atoms with Gasteiger partial charge in [0.1, 0.15) is 0 Å². The van der Waals surface area contributed by atoms with E-state index in [0.717, 1.165) is 0 Å². The van der Waals surface area contributed by atoms with Gasteiger partial charge in [-0.05, 0) is 35.2 Å². The van der Waals surface area contributed by atoms with E-state index >= 15 is 0 Å². The number of aromatic nitrogens is 1. The Morgan fingerprint density at radius 3 is 2.69 bits per heavy atom. The Morgan fingerprint density at radius 1 is 1.23 bits per heavy atom. The van der Waals surface area contributed by atoms with Crippen molar-refractivity contribution in [2.24, 2.45) is 0 Å². The number of rotatable bonds is 5. The van der Waals surface area contributed by atoms with Crippen LogP contribution in [-0.4, -0.2) is 22.8 Å². The van der Waals surface area contributed by atoms with Gasteiger partial charge in [0.15, 0.2) is 11.5 Å². The van der Waals surface area contributed by atoms with Crippen LogP contribution in [0.25, 0.3) is 10.9 Å². The fourth-order valence-electron chi connectivity index (χ4n) is 2.65. The molecule has 0 spiro atoms. The highest BCUT2D eigenvalue weighted by molar-refractivity contribution is 6.31. The number of pyridine rings is 1. The Bertz CT molecular complexity index is 1090. The molecule has 0 saturated carbocycles. The number of nitro benzene ring substituents is 1. The number of hydrogen-bond donors (Lipinski definition) is 1. The standard InChI is InChI=1S/C18H13ClN2O5/c1-26-17-5-2-10(6-15(17)21(24)25)7-16(22)13-8-11-3-4-12(19)9-14(11)20-18(13)23/h2-6,8-9H,7H2,1H3,(H,20,23). The fraction of sp³-hybridized carbons (Fsp3) is 0.111. The maximum Gasteiger partial charge on any atom is 0.311 e. The normalized spacial score (nSPS) is 10.7. The van der Waals surface area contributed by atoms with Crippen LogP contribution in [0.3, 0.4) is 0 Å². The minimum atomic E-state index is -0.584. The Balaban J connectivity index is 1.95. The smallest absolute Gasteiger partial charge is 0.311 e. The number of nitrogens with one attached hydrogen (secondary N) is 1. The molecule has 2 aromatic carbocycles. The first kappa shape index (κ1) is 17.6. The zero-order valence-electron chi connectivity index (χ0n) is 13.6. The number of aromatic amines is 1. The van der Waals surface area contributed by atoms with Crippen LogP contribution in [-0.2, 0) is 6.42 Å². The number of nitrogens with zero attached hydrogens (tertiary/aromatic N) is 1. The predicted molar refractivity (Wildman–Crippen MR) is 97.3 cm³/mol. The SMILES string of the molecule is COc1ccc(CC(=O)c2cc3ccc(Cl)cc3[nH]c2=O)cc1[N+](=O)[O-]. The number of nitro groups is 1. The highest BCUT2D eigenvalue weighted by atomic mass is 35.5. The second-order valence-corrected chi connectivity index (χ2v) is 6.04. The van der Waals surface area contributed by atoms with E-state index in [2.05, 4.69) is 4.98 Å². The average Bonchev–Trinajstić information content (AvgIpc) is 2.60. The lowest BCUT2D eigenvalue weighted by Gasteiger charge is -2.06. The maximum atomic E-state index is 12.5. The van der Waals surface area contributed by atoms with E-state index in [4.69, 9.17) is 16.3 Å². The Morgan fingerprint density at radius 2 is 2.00 bits per heavy atom. The quantitative estimate of drug-likeness (QED) is 0.419. The topological polar surface area (TPSA) is 102 Å². The first-order chi connectivity index (χ1) is 12.4. The summed E-state index contributed by atoms with van der Waals surface area (Å²) in [6.45, 7) is 0. The van der Waals surface area contributed by atoms with Gasteiger partial charge in [-0.15, -0.1) is 0 Å². The molecule has 0 fully saturated rings. The molecule has 0 aliphatic rings. The van der Waals surface area contributed by atoms with Crippen LogP contribution < -0.4 is 10.3 Å². The molecule has 0 unspecified atom stereocenters. The summed E-state index contributed by atoms with van der Waals surface area (Å²) in [6.07, 6.45) is -0.146. The first-order valence-corrected chi connectivity index (χ1v) is 7.94. The fourth-order valence-corrected chi connectivity index (χ4v) is 2.82. The molecular formula is C18H13ClN2O5. The van der Waals surface area contributed by atoms with Gasteiger partial charge in [0.25, 0.3) is 5.56 Å². The van der Waals surface area contributed by atoms with Gasteiger partial charge in [0.05, 0.1) is 17.6 Å². The van der Waals surface area contributed by atoms with Gasteiger partial charge in [-0.1, -0.05) is 23.7 Å². The van der Waals surface area contributed by atoms with Crippen molar-refractivity contribution in [2.75, 3.05) is 7.11 Å². The Hall–Kier alpha value is -3.19. The Labute approximate surface area is 152 Å². The molecule has 0 atom stereocenters. The zero-order chi connectivity index (χ0) is 18.8. The van der Waals surface area contributed by atoms with Gasteiger partial charge < -0.3 is 9.72 Å². The number of hydrogen-bond acceptors (Lipinski definition) is 5. The third kappa shape index (κ3) is 3.43. The van der Waals surface area contributed by atoms with Crippen LogP contribution in [0.4, 0.5) is 5.69 Å². The monoisotopic (exact) mass is 372 g/mol. The highest BCUT2D eigenvalue weighted by Gasteiger charge is 2.18. The van der Waals surface area contributed by atoms with Crippen LogP contribution in [0, 0.1) is 10.1 Å². The van der Waals surface area contributed by atoms with Gasteiger partial charge in [-0.3, -0.25) is 19.7 Å². The van der Waals surface area contributed by atoms with Crippen LogP contribution in [0.5, 0.6) is 5.75 Å². The molecule has 0 radical (unpaired) electrons. The van der Waals surface area contributed by atoms with E-state index in [1.807, 2.05) is 0 Å². The van der Waals surface area contributed by atoms with E-state index in [1.165, 1.54) is 25.3 Å². The van der Waals surface area contributed by atoms with Crippen molar-refractivity contribution >= 4 is 34.0 Å². The number of H-pyrrole nitrogens is 1. The van der Waals surface area contributed by atoms with Crippen molar-refractivity contribution in [1.82, 2.24) is 4.98 Å². The van der Waals surface area contributed by atoms with Crippen molar-refractivity contribution in [1.29, 1.82) is 0 Å². The second kappa shape index (κ2) is 6.97. The van der Waals surface area contributed by atoms with Gasteiger partial charge in [-0.25, -0.2) is 0 Å². The molecule has 132 valence electrons. The number of Topliss-reactive ketones (excluding diaryl/α,β-unsaturated/α-hetero) is 1. The number of carbonyl (C=O) groups excluding carboxylic acids is 1. The molecule has 26 heavy (non-hydrogen) atoms. The van der Waals surface area contributed by atoms with Gasteiger partial charge in [0.2, 0.25) is 0 Å². The molecule has 1 aromatic heterocycles. The highest BCUT2D eigenvalue weighted by Crippen LogP contribution is 2.28. The van der Waals surface area contributed by atoms with Crippen molar-refractivity contribution in [3.63, 3.8) is 0 Å². The van der Waals surface area contributed by atoms with E-state index in [9.17, 15) is 19.7 Å². The van der Waals surface area contributed by atoms with Crippen LogP contribution in [0.15, 0.2) is 47.3 Å². The van der Waals surface area contributed by atoms with Crippen molar-refractivity contribution < 1.29 is 14.5 Å². The zero-order valence-corrected chi connectivity index (χ0v) is 14.4. The number of halogens is 1.